The molecule has 3 rings (SSSR count). The fraction of sp³-hybridized carbons (Fsp3) is 0.0625. The lowest BCUT2D eigenvalue weighted by Crippen LogP contribution is -2.36. The van der Waals surface area contributed by atoms with E-state index in [4.69, 9.17) is 0 Å². The summed E-state index contributed by atoms with van der Waals surface area (Å²) in [6, 6.07) is 14.8. The number of hydrogen-bond donors (Lipinski definition) is 2. The van der Waals surface area contributed by atoms with E-state index < -0.39 is 0 Å². The quantitative estimate of drug-likeness (QED) is 0.691. The van der Waals surface area contributed by atoms with Crippen molar-refractivity contribution in [2.75, 3.05) is 0 Å². The maximum absolute atomic E-state index is 12.0. The monoisotopic (exact) mass is 371 g/mol. The van der Waals surface area contributed by atoms with Gasteiger partial charge in [-0.25, -0.2) is 4.68 Å². The summed E-state index contributed by atoms with van der Waals surface area (Å²) in [4.78, 5) is 12.0. The number of carbonyl (C=O) groups excluding carboxylic acids is 1. The second-order valence-electron chi connectivity index (χ2n) is 4.92. The number of nitrogens with one attached hydrogen (secondary N) is 2. The van der Waals surface area contributed by atoms with Crippen molar-refractivity contribution in [1.29, 1.82) is 0 Å². The van der Waals surface area contributed by atoms with Crippen LogP contribution in [0.3, 0.4) is 0 Å². The van der Waals surface area contributed by atoms with Gasteiger partial charge in [-0.3, -0.25) is 10.2 Å². The summed E-state index contributed by atoms with van der Waals surface area (Å²) >= 11 is 3.34. The number of fused-ring (bicyclic) bond motifs is 1. The highest BCUT2D eigenvalue weighted by molar-refractivity contribution is 9.10. The topological polar surface area (TPSA) is 71.8 Å². The van der Waals surface area contributed by atoms with Crippen molar-refractivity contribution < 1.29 is 4.79 Å². The Labute approximate surface area is 141 Å². The third-order valence-corrected chi connectivity index (χ3v) is 3.70. The average molecular weight is 372 g/mol. The molecule has 0 radical (unpaired) electrons. The van der Waals surface area contributed by atoms with Crippen molar-refractivity contribution >= 4 is 39.1 Å². The highest BCUT2D eigenvalue weighted by Crippen LogP contribution is 2.11. The minimum absolute atomic E-state index is 0.214. The third kappa shape index (κ3) is 3.57. The number of carbonyl (C=O) groups is 1. The molecule has 0 unspecified atom stereocenters. The summed E-state index contributed by atoms with van der Waals surface area (Å²) in [5, 5.41) is 8.13. The Balaban J connectivity index is 1.68. The van der Waals surface area contributed by atoms with E-state index in [1.54, 1.807) is 23.0 Å². The number of hydrazine groups is 1. The normalized spacial score (nSPS) is 11.5. The smallest absolute Gasteiger partial charge is 0.269 e. The predicted molar refractivity (Wildman–Crippen MR) is 92.2 cm³/mol. The van der Waals surface area contributed by atoms with Crippen molar-refractivity contribution in [2.45, 2.75) is 6.92 Å². The van der Waals surface area contributed by atoms with Gasteiger partial charge < -0.3 is 5.43 Å². The highest BCUT2D eigenvalue weighted by Gasteiger charge is 2.05. The zero-order chi connectivity index (χ0) is 16.2. The van der Waals surface area contributed by atoms with Crippen molar-refractivity contribution in [1.82, 2.24) is 25.8 Å². The Morgan fingerprint density at radius 3 is 2.65 bits per heavy atom. The number of halogens is 1. The number of nitrogens with zero attached hydrogens (tertiary/aromatic N) is 3. The van der Waals surface area contributed by atoms with Gasteiger partial charge in [-0.15, -0.1) is 5.10 Å². The van der Waals surface area contributed by atoms with E-state index >= 15 is 0 Å². The summed E-state index contributed by atoms with van der Waals surface area (Å²) < 4.78 is 2.58. The summed E-state index contributed by atoms with van der Waals surface area (Å²) in [6.07, 6.45) is 1.76. The molecule has 0 atom stereocenters. The molecule has 0 fully saturated rings. The van der Waals surface area contributed by atoms with Crippen LogP contribution in [0.4, 0.5) is 0 Å². The molecule has 0 saturated heterocycles. The number of rotatable bonds is 4. The number of allylic oxidation sites excluding steroid dienone is 1. The number of benzene rings is 2. The Morgan fingerprint density at radius 2 is 1.87 bits per heavy atom. The molecule has 0 aliphatic heterocycles. The van der Waals surface area contributed by atoms with Crippen LogP contribution in [0.5, 0.6) is 0 Å². The third-order valence-electron chi connectivity index (χ3n) is 3.17. The summed E-state index contributed by atoms with van der Waals surface area (Å²) in [6.45, 7) is 1.83. The molecule has 0 aliphatic rings. The molecule has 3 aromatic rings. The number of hydrogen-bond acceptors (Lipinski definition) is 4. The first-order chi connectivity index (χ1) is 11.1. The first-order valence-corrected chi connectivity index (χ1v) is 7.73. The predicted octanol–water partition coefficient (Wildman–Crippen LogP) is 2.95. The van der Waals surface area contributed by atoms with Crippen molar-refractivity contribution in [3.63, 3.8) is 0 Å². The fourth-order valence-electron chi connectivity index (χ4n) is 2.03. The Hall–Kier alpha value is -2.67. The maximum atomic E-state index is 12.0. The van der Waals surface area contributed by atoms with Crippen molar-refractivity contribution in [3.05, 3.63) is 64.3 Å². The van der Waals surface area contributed by atoms with Crippen LogP contribution < -0.4 is 10.9 Å². The lowest BCUT2D eigenvalue weighted by atomic mass is 10.2. The molecule has 1 aromatic heterocycles. The van der Waals surface area contributed by atoms with Gasteiger partial charge in [-0.05, 0) is 43.3 Å². The molecule has 2 N–H and O–H groups in total. The summed E-state index contributed by atoms with van der Waals surface area (Å²) in [5.41, 5.74) is 8.51. The lowest BCUT2D eigenvalue weighted by Gasteiger charge is -2.09. The van der Waals surface area contributed by atoms with Crippen LogP contribution in [-0.4, -0.2) is 20.9 Å². The van der Waals surface area contributed by atoms with E-state index in [1.165, 1.54) is 0 Å². The first kappa shape index (κ1) is 15.2. The van der Waals surface area contributed by atoms with Crippen LogP contribution >= 0.6 is 15.9 Å². The van der Waals surface area contributed by atoms with E-state index in [0.29, 0.717) is 5.56 Å². The van der Waals surface area contributed by atoms with Crippen LogP contribution in [0.1, 0.15) is 17.3 Å². The van der Waals surface area contributed by atoms with Gasteiger partial charge in [0.1, 0.15) is 5.52 Å². The van der Waals surface area contributed by atoms with Crippen LogP contribution in [0, 0.1) is 0 Å². The lowest BCUT2D eigenvalue weighted by molar-refractivity contribution is 0.0939. The molecule has 23 heavy (non-hydrogen) atoms. The van der Waals surface area contributed by atoms with Gasteiger partial charge in [0.2, 0.25) is 0 Å². The van der Waals surface area contributed by atoms with E-state index in [1.807, 2.05) is 43.3 Å². The second-order valence-corrected chi connectivity index (χ2v) is 5.84. The van der Waals surface area contributed by atoms with Gasteiger partial charge in [0.15, 0.2) is 0 Å². The van der Waals surface area contributed by atoms with Crippen LogP contribution in [0.2, 0.25) is 0 Å². The van der Waals surface area contributed by atoms with Crippen molar-refractivity contribution in [3.8, 4) is 0 Å². The molecule has 0 bridgehead atoms. The summed E-state index contributed by atoms with van der Waals surface area (Å²) in [5.74, 6) is -0.214. The van der Waals surface area contributed by atoms with E-state index in [0.717, 1.165) is 21.2 Å². The molecule has 0 saturated carbocycles. The minimum Gasteiger partial charge on any atom is -0.301 e. The molecule has 0 aliphatic carbocycles. The fourth-order valence-corrected chi connectivity index (χ4v) is 2.29. The number of aromatic nitrogens is 3. The largest absolute Gasteiger partial charge is 0.301 e. The highest BCUT2D eigenvalue weighted by atomic mass is 79.9. The molecular formula is C16H14BrN5O. The molecule has 0 spiro atoms. The van der Waals surface area contributed by atoms with Crippen LogP contribution in [0.25, 0.3) is 17.2 Å². The molecule has 116 valence electrons. The van der Waals surface area contributed by atoms with E-state index in [2.05, 4.69) is 37.1 Å². The van der Waals surface area contributed by atoms with Crippen LogP contribution in [-0.2, 0) is 0 Å². The Kier molecular flexibility index (Phi) is 4.38. The second kappa shape index (κ2) is 6.62. The molecule has 7 heteroatoms. The maximum Gasteiger partial charge on any atom is 0.269 e. The van der Waals surface area contributed by atoms with Gasteiger partial charge in [0.25, 0.3) is 5.91 Å². The molecule has 1 heterocycles. The zero-order valence-electron chi connectivity index (χ0n) is 12.3. The van der Waals surface area contributed by atoms with Gasteiger partial charge in [-0.2, -0.15) is 0 Å². The van der Waals surface area contributed by atoms with E-state index in [9.17, 15) is 4.79 Å². The number of amides is 1. The average Bonchev–Trinajstić information content (AvgIpc) is 2.96. The van der Waals surface area contributed by atoms with Gasteiger partial charge in [-0.1, -0.05) is 33.3 Å². The molecule has 1 amide bonds. The van der Waals surface area contributed by atoms with Gasteiger partial charge in [0, 0.05) is 15.7 Å². The first-order valence-electron chi connectivity index (χ1n) is 6.94. The summed E-state index contributed by atoms with van der Waals surface area (Å²) in [7, 11) is 0. The Bertz CT molecular complexity index is 870. The Morgan fingerprint density at radius 1 is 1.13 bits per heavy atom. The van der Waals surface area contributed by atoms with Crippen molar-refractivity contribution in [2.24, 2.45) is 0 Å². The number of para-hydroxylation sites is 1. The van der Waals surface area contributed by atoms with Crippen LogP contribution in [0.15, 0.2) is 58.7 Å². The van der Waals surface area contributed by atoms with E-state index in [-0.39, 0.29) is 5.91 Å². The molecule has 6 nitrogen and oxygen atoms in total. The SMILES string of the molecule is C/C(=C\n1nnc2ccccc21)NNC(=O)c1ccc(Br)cc1. The zero-order valence-corrected chi connectivity index (χ0v) is 13.9. The molecular weight excluding hydrogens is 358 g/mol. The molecule has 2 aromatic carbocycles. The standard InChI is InChI=1S/C16H14BrN5O/c1-11(10-22-15-5-3-2-4-14(15)19-21-22)18-20-16(23)12-6-8-13(17)9-7-12/h2-10,18H,1H3,(H,20,23)/b11-10+. The minimum atomic E-state index is -0.214. The van der Waals surface area contributed by atoms with Gasteiger partial charge >= 0.3 is 0 Å². The van der Waals surface area contributed by atoms with Gasteiger partial charge in [0.05, 0.1) is 11.7 Å².